The van der Waals surface area contributed by atoms with Crippen LogP contribution < -0.4 is 0 Å². The van der Waals surface area contributed by atoms with E-state index in [0.29, 0.717) is 11.4 Å². The zero-order valence-corrected chi connectivity index (χ0v) is 44.8. The molecule has 5 nitrogen and oxygen atoms in total. The third-order valence-electron chi connectivity index (χ3n) is 13.8. The summed E-state index contributed by atoms with van der Waals surface area (Å²) >= 11 is 0. The van der Waals surface area contributed by atoms with Gasteiger partial charge in [0.15, 0.2) is 0 Å². The number of hydrogen-bond acceptors (Lipinski definition) is 3. The van der Waals surface area contributed by atoms with Crippen LogP contribution in [0.25, 0.3) is 89.1 Å². The van der Waals surface area contributed by atoms with Gasteiger partial charge in [0.1, 0.15) is 11.6 Å². The second-order valence-corrected chi connectivity index (χ2v) is 23.0. The van der Waals surface area contributed by atoms with Crippen molar-refractivity contribution in [2.24, 2.45) is 0 Å². The number of aromatic hydroxyl groups is 1. The Morgan fingerprint density at radius 1 is 0.457 bits per heavy atom. The maximum Gasteiger partial charge on any atom is 0.148 e. The molecule has 1 N–H and O–H groups in total. The third-order valence-corrected chi connectivity index (χ3v) is 13.8. The monoisotopic (exact) mass is 1100 g/mol. The van der Waals surface area contributed by atoms with Crippen LogP contribution in [-0.2, 0) is 42.7 Å². The molecule has 0 atom stereocenters. The Morgan fingerprint density at radius 2 is 0.957 bits per heavy atom. The van der Waals surface area contributed by atoms with Crippen LogP contribution in [0.2, 0.25) is 0 Å². The number of fused-ring (bicyclic) bond motifs is 4. The summed E-state index contributed by atoms with van der Waals surface area (Å²) in [5.41, 5.74) is 17.6. The Balaban J connectivity index is 0.00000608. The van der Waals surface area contributed by atoms with Gasteiger partial charge in [-0.2, -0.15) is 0 Å². The van der Waals surface area contributed by atoms with Crippen LogP contribution in [0.3, 0.4) is 0 Å². The average Bonchev–Trinajstić information content (AvgIpc) is 3.87. The minimum atomic E-state index is -0.0908. The molecule has 6 heteroatoms. The molecule has 0 unspecified atom stereocenters. The number of phenols is 1. The molecule has 70 heavy (non-hydrogen) atoms. The van der Waals surface area contributed by atoms with E-state index in [1.807, 2.05) is 24.4 Å². The molecule has 0 aliphatic heterocycles. The summed E-state index contributed by atoms with van der Waals surface area (Å²) in [6, 6.07) is 57.8. The predicted molar refractivity (Wildman–Crippen MR) is 290 cm³/mol. The van der Waals surface area contributed by atoms with Crippen molar-refractivity contribution < 1.29 is 26.2 Å². The van der Waals surface area contributed by atoms with Gasteiger partial charge in [0.05, 0.1) is 27.6 Å². The molecule has 356 valence electrons. The average molecular weight is 1100 g/mol. The molecule has 0 saturated carbocycles. The summed E-state index contributed by atoms with van der Waals surface area (Å²) in [5.74, 6) is 0.862. The van der Waals surface area contributed by atoms with E-state index in [1.54, 1.807) is 6.07 Å². The van der Waals surface area contributed by atoms with E-state index in [9.17, 15) is 5.11 Å². The number of hydrogen-bond donors (Lipinski definition) is 1. The number of pyridine rings is 1. The van der Waals surface area contributed by atoms with Gasteiger partial charge in [-0.05, 0) is 104 Å². The number of phenolic OH excluding ortho intramolecular Hbond substituents is 1. The first-order valence-electron chi connectivity index (χ1n) is 24.3. The fourth-order valence-corrected chi connectivity index (χ4v) is 9.67. The van der Waals surface area contributed by atoms with Crippen molar-refractivity contribution in [3.8, 4) is 62.0 Å². The largest absolute Gasteiger partial charge is 0.507 e. The molecule has 10 rings (SSSR count). The van der Waals surface area contributed by atoms with Crippen molar-refractivity contribution in [1.82, 2.24) is 19.1 Å². The summed E-state index contributed by atoms with van der Waals surface area (Å²) in [5, 5.41) is 13.8. The maximum absolute atomic E-state index is 11.4. The zero-order chi connectivity index (χ0) is 48.8. The van der Waals surface area contributed by atoms with Gasteiger partial charge >= 0.3 is 0 Å². The molecule has 0 aliphatic carbocycles. The van der Waals surface area contributed by atoms with Gasteiger partial charge in [0.2, 0.25) is 0 Å². The van der Waals surface area contributed by atoms with Crippen LogP contribution in [0.1, 0.15) is 105 Å². The molecular formula is C64H63N4OPt-. The van der Waals surface area contributed by atoms with E-state index < -0.39 is 0 Å². The minimum absolute atomic E-state index is 0. The van der Waals surface area contributed by atoms with Crippen molar-refractivity contribution in [1.29, 1.82) is 0 Å². The van der Waals surface area contributed by atoms with E-state index in [1.165, 1.54) is 49.7 Å². The smallest absolute Gasteiger partial charge is 0.148 e. The molecule has 7 aromatic carbocycles. The Labute approximate surface area is 428 Å². The number of para-hydroxylation sites is 4. The van der Waals surface area contributed by atoms with Crippen LogP contribution in [0.4, 0.5) is 0 Å². The van der Waals surface area contributed by atoms with E-state index in [0.717, 1.165) is 50.2 Å². The normalized spacial score (nSPS) is 12.5. The first-order valence-corrected chi connectivity index (χ1v) is 24.3. The number of nitrogens with zero attached hydrogens (tertiary/aromatic N) is 4. The molecular weight excluding hydrogens is 1040 g/mol. The SMILES string of the molecule is CC(C)(C)c1cc(-n2c(-c3ccccc3O)nc3c(-c4[c-]c(-c5cc(-c6cccc7c8ccccc8n(-c8cc(C(C)(C)C)cc(C(C)(C)C)c8)c67)ccn5)ccc4)cccc32)cc(C(C)(C)C)c1.[Pt]. The molecule has 3 heterocycles. The van der Waals surface area contributed by atoms with Gasteiger partial charge in [0.25, 0.3) is 0 Å². The quantitative estimate of drug-likeness (QED) is 0.169. The Bertz CT molecular complexity index is 3550. The molecule has 0 radical (unpaired) electrons. The Kier molecular flexibility index (Phi) is 12.3. The van der Waals surface area contributed by atoms with E-state index in [2.05, 4.69) is 226 Å². The molecule has 3 aromatic heterocycles. The summed E-state index contributed by atoms with van der Waals surface area (Å²) in [4.78, 5) is 10.4. The van der Waals surface area contributed by atoms with Gasteiger partial charge in [0, 0.05) is 60.7 Å². The van der Waals surface area contributed by atoms with E-state index in [4.69, 9.17) is 9.97 Å². The van der Waals surface area contributed by atoms with Crippen molar-refractivity contribution >= 4 is 32.8 Å². The third kappa shape index (κ3) is 8.83. The van der Waals surface area contributed by atoms with Crippen LogP contribution in [0, 0.1) is 6.07 Å². The number of benzene rings is 7. The molecule has 0 bridgehead atoms. The Morgan fingerprint density at radius 3 is 1.59 bits per heavy atom. The van der Waals surface area contributed by atoms with Crippen LogP contribution in [0.15, 0.2) is 158 Å². The molecule has 10 aromatic rings. The summed E-state index contributed by atoms with van der Waals surface area (Å²) < 4.78 is 4.69. The predicted octanol–water partition coefficient (Wildman–Crippen LogP) is 16.9. The van der Waals surface area contributed by atoms with Gasteiger partial charge < -0.3 is 9.67 Å². The zero-order valence-electron chi connectivity index (χ0n) is 42.6. The van der Waals surface area contributed by atoms with E-state index >= 15 is 0 Å². The fraction of sp³-hybridized carbons (Fsp3) is 0.250. The summed E-state index contributed by atoms with van der Waals surface area (Å²) in [7, 11) is 0. The van der Waals surface area contributed by atoms with Gasteiger partial charge in [-0.15, -0.1) is 29.8 Å². The fourth-order valence-electron chi connectivity index (χ4n) is 9.67. The molecule has 0 saturated heterocycles. The molecule has 0 amide bonds. The standard InChI is InChI=1S/C64H63N4O.Pt/c1-61(2,3)43-34-44(62(4,5)6)37-47(36-43)67-55-27-15-13-22-51(55)52-26-18-25-50(59(52)67)41-30-31-65-54(33-41)42-21-17-20-40(32-42)49-24-19-28-56-58(49)66-60(53-23-14-16-29-57(53)69)68(56)48-38-45(63(7,8)9)35-46(39-48)64(10,11)12;/h13-31,33-39,69H,1-12H3;/q-1;. The maximum atomic E-state index is 11.4. The number of aromatic nitrogens is 4. The van der Waals surface area contributed by atoms with Gasteiger partial charge in [-0.3, -0.25) is 9.55 Å². The molecule has 0 aliphatic rings. The van der Waals surface area contributed by atoms with Crippen LogP contribution in [0.5, 0.6) is 5.75 Å². The van der Waals surface area contributed by atoms with Crippen LogP contribution >= 0.6 is 0 Å². The Hall–Kier alpha value is -6.55. The topological polar surface area (TPSA) is 55.9 Å². The summed E-state index contributed by atoms with van der Waals surface area (Å²) in [6.07, 6.45) is 1.92. The van der Waals surface area contributed by atoms with E-state index in [-0.39, 0.29) is 48.5 Å². The number of rotatable bonds is 6. The first kappa shape index (κ1) is 48.5. The van der Waals surface area contributed by atoms with Crippen molar-refractivity contribution in [3.05, 3.63) is 186 Å². The minimum Gasteiger partial charge on any atom is -0.507 e. The van der Waals surface area contributed by atoms with Crippen molar-refractivity contribution in [2.75, 3.05) is 0 Å². The molecule has 0 spiro atoms. The van der Waals surface area contributed by atoms with Crippen molar-refractivity contribution in [3.63, 3.8) is 0 Å². The second-order valence-electron chi connectivity index (χ2n) is 23.0. The van der Waals surface area contributed by atoms with Gasteiger partial charge in [-0.1, -0.05) is 173 Å². The van der Waals surface area contributed by atoms with Crippen LogP contribution in [-0.4, -0.2) is 24.2 Å². The first-order chi connectivity index (χ1) is 32.6. The van der Waals surface area contributed by atoms with Crippen molar-refractivity contribution in [2.45, 2.75) is 105 Å². The summed E-state index contributed by atoms with van der Waals surface area (Å²) in [6.45, 7) is 27.4. The molecule has 0 fully saturated rings. The van der Waals surface area contributed by atoms with Gasteiger partial charge in [-0.25, -0.2) is 4.98 Å². The second kappa shape index (κ2) is 17.7. The number of imidazole rings is 1.